The molecule has 0 amide bonds. The van der Waals surface area contributed by atoms with Gasteiger partial charge in [0.15, 0.2) is 0 Å². The van der Waals surface area contributed by atoms with E-state index in [-0.39, 0.29) is 13.8 Å². The Morgan fingerprint density at radius 2 is 1.89 bits per heavy atom. The molecule has 1 atom stereocenters. The molecule has 0 bridgehead atoms. The second kappa shape index (κ2) is 3.49. The minimum absolute atomic E-state index is 0.0162. The normalized spacial score (nSPS) is 13.8. The van der Waals surface area contributed by atoms with Gasteiger partial charge >= 0.3 is 0 Å². The lowest BCUT2D eigenvalue weighted by molar-refractivity contribution is 0.585. The second-order valence-electron chi connectivity index (χ2n) is 1.98. The molecular weight excluding hydrogens is 157 g/mol. The topological polar surface area (TPSA) is 46.2 Å². The largest absolute Gasteiger partial charge is 0.225 e. The predicted octanol–water partition coefficient (Wildman–Crippen LogP) is 0.537. The summed E-state index contributed by atoms with van der Waals surface area (Å²) in [7, 11) is -3.00. The molecule has 0 fully saturated rings. The third-order valence-corrected chi connectivity index (χ3v) is 3.94. The van der Waals surface area contributed by atoms with Gasteiger partial charge in [-0.05, 0) is 20.5 Å². The van der Waals surface area contributed by atoms with Crippen LogP contribution in [0.25, 0.3) is 0 Å². The minimum atomic E-state index is -2.94. The summed E-state index contributed by atoms with van der Waals surface area (Å²) in [4.78, 5) is 0. The van der Waals surface area contributed by atoms with Crippen molar-refractivity contribution in [2.75, 3.05) is 6.66 Å². The van der Waals surface area contributed by atoms with Crippen molar-refractivity contribution in [3.8, 4) is 0 Å². The van der Waals surface area contributed by atoms with Crippen molar-refractivity contribution in [2.45, 2.75) is 19.9 Å². The lowest BCUT2D eigenvalue weighted by atomic mass is 10.4. The number of hydrogen-bond acceptors (Lipinski definition) is 2. The van der Waals surface area contributed by atoms with Gasteiger partial charge in [-0.15, -0.1) is 0 Å². The van der Waals surface area contributed by atoms with Gasteiger partial charge in [0.1, 0.15) is 0 Å². The van der Waals surface area contributed by atoms with Crippen LogP contribution in [0.3, 0.4) is 0 Å². The molecule has 0 saturated carbocycles. The summed E-state index contributed by atoms with van der Waals surface area (Å²) in [6.07, 6.45) is 0. The maximum atomic E-state index is 10.7. The van der Waals surface area contributed by atoms with Crippen LogP contribution in [0.5, 0.6) is 0 Å². The fourth-order valence-electron chi connectivity index (χ4n) is 0.369. The molecule has 0 aliphatic carbocycles. The molecule has 0 aromatic heterocycles. The molecule has 5 heteroatoms. The maximum absolute atomic E-state index is 10.7. The zero-order valence-corrected chi connectivity index (χ0v) is 7.62. The van der Waals surface area contributed by atoms with Crippen LogP contribution in [0.1, 0.15) is 13.8 Å². The molecule has 9 heavy (non-hydrogen) atoms. The molecule has 0 aliphatic heterocycles. The van der Waals surface area contributed by atoms with E-state index < -0.39 is 9.64 Å². The third kappa shape index (κ3) is 4.82. The highest BCUT2D eigenvalue weighted by molar-refractivity contribution is 8.42. The third-order valence-electron chi connectivity index (χ3n) is 0.660. The fraction of sp³-hybridized carbons (Fsp3) is 1.00. The van der Waals surface area contributed by atoms with E-state index in [9.17, 15) is 8.42 Å². The van der Waals surface area contributed by atoms with Crippen molar-refractivity contribution in [3.05, 3.63) is 0 Å². The Bertz CT molecular complexity index is 163. The number of hydrogen-bond donors (Lipinski definition) is 1. The van der Waals surface area contributed by atoms with Crippen LogP contribution in [0.2, 0.25) is 0 Å². The van der Waals surface area contributed by atoms with Gasteiger partial charge in [-0.25, -0.2) is 13.1 Å². The van der Waals surface area contributed by atoms with Gasteiger partial charge in [-0.2, -0.15) is 0 Å². The Kier molecular flexibility index (Phi) is 3.63. The summed E-state index contributed by atoms with van der Waals surface area (Å²) >= 11 is 0. The number of nitrogens with one attached hydrogen (secondary N) is 1. The van der Waals surface area contributed by atoms with E-state index >= 15 is 0 Å². The van der Waals surface area contributed by atoms with Gasteiger partial charge in [-0.3, -0.25) is 0 Å². The molecule has 0 rings (SSSR count). The molecule has 1 N–H and O–H groups in total. The standard InChI is InChI=1S/C4H12NO2PS/c1-4(2)5-9(6,7)8-3/h4-5,8H,1-3H3. The SMILES string of the molecule is CPS(=O)(=O)NC(C)C. The zero-order chi connectivity index (χ0) is 7.49. The van der Waals surface area contributed by atoms with Crippen LogP contribution in [0.15, 0.2) is 0 Å². The van der Waals surface area contributed by atoms with Gasteiger partial charge in [-0.1, -0.05) is 0 Å². The van der Waals surface area contributed by atoms with E-state index in [0.29, 0.717) is 0 Å². The van der Waals surface area contributed by atoms with E-state index in [1.165, 1.54) is 0 Å². The van der Waals surface area contributed by atoms with Gasteiger partial charge in [0.25, 0.3) is 0 Å². The summed E-state index contributed by atoms with van der Waals surface area (Å²) in [5.41, 5.74) is 0. The van der Waals surface area contributed by atoms with Gasteiger partial charge in [0, 0.05) is 13.8 Å². The fourth-order valence-corrected chi connectivity index (χ4v) is 2.17. The Morgan fingerprint density at radius 1 is 1.44 bits per heavy atom. The maximum Gasteiger partial charge on any atom is 0.225 e. The van der Waals surface area contributed by atoms with Crippen LogP contribution < -0.4 is 4.72 Å². The molecule has 0 saturated heterocycles. The summed E-state index contributed by atoms with van der Waals surface area (Å²) in [5.74, 6) is 0. The zero-order valence-electron chi connectivity index (χ0n) is 5.80. The van der Waals surface area contributed by atoms with Gasteiger partial charge in [0.2, 0.25) is 9.64 Å². The molecule has 1 unspecified atom stereocenters. The molecular formula is C4H12NO2PS. The Morgan fingerprint density at radius 3 is 2.00 bits per heavy atom. The first-order chi connectivity index (χ1) is 3.98. The molecule has 3 nitrogen and oxygen atoms in total. The second-order valence-corrected chi connectivity index (χ2v) is 6.47. The molecule has 0 aromatic carbocycles. The van der Waals surface area contributed by atoms with E-state index in [4.69, 9.17) is 0 Å². The Hall–Kier alpha value is 0.340. The highest BCUT2D eigenvalue weighted by Crippen LogP contribution is 2.12. The molecule has 0 radical (unpaired) electrons. The van der Waals surface area contributed by atoms with Crippen molar-refractivity contribution in [2.24, 2.45) is 0 Å². The first-order valence-electron chi connectivity index (χ1n) is 2.68. The van der Waals surface area contributed by atoms with Crippen LogP contribution in [0.4, 0.5) is 0 Å². The van der Waals surface area contributed by atoms with Crippen LogP contribution >= 0.6 is 7.78 Å². The summed E-state index contributed by atoms with van der Waals surface area (Å²) in [6.45, 7) is 5.25. The Balaban J connectivity index is 3.90. The van der Waals surface area contributed by atoms with Crippen molar-refractivity contribution in [1.29, 1.82) is 0 Å². The molecule has 0 spiro atoms. The van der Waals surface area contributed by atoms with E-state index in [1.807, 2.05) is 0 Å². The first kappa shape index (κ1) is 9.34. The molecule has 56 valence electrons. The van der Waals surface area contributed by atoms with Gasteiger partial charge < -0.3 is 0 Å². The van der Waals surface area contributed by atoms with Crippen molar-refractivity contribution in [3.63, 3.8) is 0 Å². The summed E-state index contributed by atoms with van der Waals surface area (Å²) in [5, 5.41) is 0. The predicted molar refractivity (Wildman–Crippen MR) is 41.4 cm³/mol. The lowest BCUT2D eigenvalue weighted by Gasteiger charge is -2.05. The molecule has 0 heterocycles. The van der Waals surface area contributed by atoms with Crippen LogP contribution in [0, 0.1) is 0 Å². The van der Waals surface area contributed by atoms with Crippen molar-refractivity contribution >= 4 is 17.4 Å². The molecule has 0 aromatic rings. The smallest absolute Gasteiger partial charge is 0.210 e. The summed E-state index contributed by atoms with van der Waals surface area (Å²) < 4.78 is 23.9. The average Bonchev–Trinajstić information content (AvgIpc) is 1.63. The first-order valence-corrected chi connectivity index (χ1v) is 6.39. The van der Waals surface area contributed by atoms with Crippen LogP contribution in [-0.2, 0) is 9.64 Å². The van der Waals surface area contributed by atoms with Gasteiger partial charge in [0.05, 0.1) is 0 Å². The minimum Gasteiger partial charge on any atom is -0.210 e. The van der Waals surface area contributed by atoms with E-state index in [1.54, 1.807) is 20.5 Å². The highest BCUT2D eigenvalue weighted by Gasteiger charge is 2.06. The van der Waals surface area contributed by atoms with Crippen LogP contribution in [-0.4, -0.2) is 21.1 Å². The van der Waals surface area contributed by atoms with Crippen molar-refractivity contribution < 1.29 is 8.42 Å². The Labute approximate surface area is 57.8 Å². The number of rotatable bonds is 3. The van der Waals surface area contributed by atoms with E-state index in [0.717, 1.165) is 0 Å². The average molecular weight is 169 g/mol. The van der Waals surface area contributed by atoms with Crippen molar-refractivity contribution in [1.82, 2.24) is 4.72 Å². The highest BCUT2D eigenvalue weighted by atomic mass is 32.8. The molecule has 0 aliphatic rings. The summed E-state index contributed by atoms with van der Waals surface area (Å²) in [6, 6.07) is 0.0162. The monoisotopic (exact) mass is 169 g/mol. The van der Waals surface area contributed by atoms with E-state index in [2.05, 4.69) is 4.72 Å². The quantitative estimate of drug-likeness (QED) is 0.627. The lowest BCUT2D eigenvalue weighted by Crippen LogP contribution is -2.26.